The average Bonchev–Trinajstić information content (AvgIpc) is 3.18. The smallest absolute Gasteiger partial charge is 0.302 e. The summed E-state index contributed by atoms with van der Waals surface area (Å²) in [5.74, 6) is 1.89. The second-order valence-corrected chi connectivity index (χ2v) is 5.01. The molecule has 0 radical (unpaired) electrons. The van der Waals surface area contributed by atoms with E-state index in [0.29, 0.717) is 11.6 Å². The molecule has 0 saturated heterocycles. The zero-order chi connectivity index (χ0) is 12.7. The molecule has 2 aromatic rings. The highest BCUT2D eigenvalue weighted by molar-refractivity contribution is 7.10. The minimum Gasteiger partial charge on any atom is -0.454 e. The summed E-state index contributed by atoms with van der Waals surface area (Å²) in [6.07, 6.45) is -0.458. The van der Waals surface area contributed by atoms with Crippen LogP contribution < -0.4 is 9.47 Å². The minimum absolute atomic E-state index is 0.250. The quantitative estimate of drug-likeness (QED) is 0.845. The van der Waals surface area contributed by atoms with Crippen LogP contribution in [0.25, 0.3) is 0 Å². The van der Waals surface area contributed by atoms with Crippen LogP contribution in [-0.2, 0) is 9.57 Å². The van der Waals surface area contributed by atoms with Crippen LogP contribution >= 0.6 is 11.3 Å². The van der Waals surface area contributed by atoms with Gasteiger partial charge in [0.15, 0.2) is 11.5 Å². The number of oxime groups is 1. The number of fused-ring (bicyclic) bond motifs is 1. The maximum atomic E-state index is 5.69. The van der Waals surface area contributed by atoms with Gasteiger partial charge in [-0.05, 0) is 34.8 Å². The topological polar surface area (TPSA) is 49.3 Å². The summed E-state index contributed by atoms with van der Waals surface area (Å²) in [5, 5.41) is 5.95. The molecule has 1 aromatic heterocycles. The fraction of sp³-hybridized carbons (Fsp3) is 0.154. The normalized spacial score (nSPS) is 19.8. The van der Waals surface area contributed by atoms with Crippen LogP contribution in [0.1, 0.15) is 16.7 Å². The van der Waals surface area contributed by atoms with Gasteiger partial charge in [0.1, 0.15) is 0 Å². The van der Waals surface area contributed by atoms with Crippen molar-refractivity contribution in [1.29, 1.82) is 0 Å². The van der Waals surface area contributed by atoms with Crippen molar-refractivity contribution in [2.24, 2.45) is 5.16 Å². The molecule has 4 rings (SSSR count). The first-order chi connectivity index (χ1) is 9.40. The highest BCUT2D eigenvalue weighted by atomic mass is 32.1. The van der Waals surface area contributed by atoms with Crippen molar-refractivity contribution in [2.45, 2.75) is 6.29 Å². The predicted molar refractivity (Wildman–Crippen MR) is 68.3 cm³/mol. The van der Waals surface area contributed by atoms with Crippen molar-refractivity contribution in [1.82, 2.24) is 0 Å². The van der Waals surface area contributed by atoms with Gasteiger partial charge in [0, 0.05) is 5.56 Å². The molecule has 5 nitrogen and oxygen atoms in total. The van der Waals surface area contributed by atoms with Crippen LogP contribution in [0.5, 0.6) is 11.5 Å². The Balaban J connectivity index is 1.58. The van der Waals surface area contributed by atoms with E-state index < -0.39 is 6.29 Å². The first-order valence-corrected chi connectivity index (χ1v) is 6.62. The minimum atomic E-state index is -0.458. The maximum Gasteiger partial charge on any atom is 0.302 e. The zero-order valence-corrected chi connectivity index (χ0v) is 10.6. The summed E-state index contributed by atoms with van der Waals surface area (Å²) in [7, 11) is 0. The van der Waals surface area contributed by atoms with Crippen LogP contribution in [0.3, 0.4) is 0 Å². The number of hydrogen-bond acceptors (Lipinski definition) is 6. The van der Waals surface area contributed by atoms with Gasteiger partial charge in [-0.3, -0.25) is 0 Å². The average molecular weight is 275 g/mol. The summed E-state index contributed by atoms with van der Waals surface area (Å²) in [6.45, 7) is 0.250. The summed E-state index contributed by atoms with van der Waals surface area (Å²) in [5.41, 5.74) is 0.809. The van der Waals surface area contributed by atoms with Crippen molar-refractivity contribution in [3.63, 3.8) is 0 Å². The van der Waals surface area contributed by atoms with Gasteiger partial charge in [-0.1, -0.05) is 6.07 Å². The molecule has 0 saturated carbocycles. The van der Waals surface area contributed by atoms with Gasteiger partial charge < -0.3 is 19.0 Å². The van der Waals surface area contributed by atoms with Crippen LogP contribution in [0.2, 0.25) is 0 Å². The molecular formula is C13H9NO4S. The Kier molecular flexibility index (Phi) is 2.34. The summed E-state index contributed by atoms with van der Waals surface area (Å²) < 4.78 is 16.3. The number of hydrogen-bond donors (Lipinski definition) is 0. The van der Waals surface area contributed by atoms with Gasteiger partial charge in [-0.15, -0.1) is 11.3 Å². The predicted octanol–water partition coefficient (Wildman–Crippen LogP) is 2.88. The Morgan fingerprint density at radius 3 is 3.00 bits per heavy atom. The number of thiophene rings is 1. The van der Waals surface area contributed by atoms with Crippen molar-refractivity contribution >= 4 is 17.2 Å². The van der Waals surface area contributed by atoms with E-state index in [0.717, 1.165) is 16.2 Å². The number of benzene rings is 1. The van der Waals surface area contributed by atoms with Gasteiger partial charge in [0.2, 0.25) is 6.79 Å². The molecule has 0 amide bonds. The van der Waals surface area contributed by atoms with E-state index in [4.69, 9.17) is 19.0 Å². The van der Waals surface area contributed by atoms with Crippen molar-refractivity contribution in [3.8, 4) is 11.5 Å². The van der Waals surface area contributed by atoms with Crippen LogP contribution in [0, 0.1) is 0 Å². The molecule has 1 unspecified atom stereocenters. The second kappa shape index (κ2) is 4.17. The highest BCUT2D eigenvalue weighted by Crippen LogP contribution is 2.35. The standard InChI is InChI=1S/C13H9NO4S/c1-2-11(19-5-1)13-17-12(14-18-13)8-3-4-9-10(6-8)16-7-15-9/h1-6,13H,7H2. The lowest BCUT2D eigenvalue weighted by atomic mass is 10.2. The lowest BCUT2D eigenvalue weighted by Crippen LogP contribution is -2.04. The summed E-state index contributed by atoms with van der Waals surface area (Å²) in [6, 6.07) is 9.44. The van der Waals surface area contributed by atoms with Gasteiger partial charge >= 0.3 is 6.29 Å². The largest absolute Gasteiger partial charge is 0.454 e. The fourth-order valence-electron chi connectivity index (χ4n) is 1.93. The Morgan fingerprint density at radius 1 is 1.16 bits per heavy atom. The third-order valence-electron chi connectivity index (χ3n) is 2.85. The molecule has 0 N–H and O–H groups in total. The molecule has 0 spiro atoms. The SMILES string of the molecule is c1csc(C2ON=C(c3ccc4c(c3)OCO4)O2)c1. The number of ether oxygens (including phenoxy) is 3. The van der Waals surface area contributed by atoms with E-state index in [1.807, 2.05) is 35.7 Å². The molecule has 2 aliphatic heterocycles. The monoisotopic (exact) mass is 275 g/mol. The summed E-state index contributed by atoms with van der Waals surface area (Å²) >= 11 is 1.57. The Hall–Kier alpha value is -2.21. The third kappa shape index (κ3) is 1.80. The van der Waals surface area contributed by atoms with Crippen LogP contribution in [0.4, 0.5) is 0 Å². The molecular weight excluding hydrogens is 266 g/mol. The van der Waals surface area contributed by atoms with Gasteiger partial charge in [0.25, 0.3) is 5.90 Å². The Labute approximate surface area is 113 Å². The molecule has 0 bridgehead atoms. The molecule has 1 aromatic carbocycles. The van der Waals surface area contributed by atoms with Gasteiger partial charge in [-0.25, -0.2) is 0 Å². The first kappa shape index (κ1) is 10.7. The third-order valence-corrected chi connectivity index (χ3v) is 3.74. The van der Waals surface area contributed by atoms with E-state index in [2.05, 4.69) is 5.16 Å². The lowest BCUT2D eigenvalue weighted by molar-refractivity contribution is -0.0471. The van der Waals surface area contributed by atoms with Crippen molar-refractivity contribution in [2.75, 3.05) is 6.79 Å². The Morgan fingerprint density at radius 2 is 2.11 bits per heavy atom. The van der Waals surface area contributed by atoms with E-state index in [1.54, 1.807) is 11.3 Å². The Bertz CT molecular complexity index is 638. The molecule has 3 heterocycles. The number of rotatable bonds is 2. The van der Waals surface area contributed by atoms with E-state index in [-0.39, 0.29) is 6.79 Å². The fourth-order valence-corrected chi connectivity index (χ4v) is 2.60. The molecule has 0 fully saturated rings. The molecule has 19 heavy (non-hydrogen) atoms. The van der Waals surface area contributed by atoms with Gasteiger partial charge in [0.05, 0.1) is 4.88 Å². The highest BCUT2D eigenvalue weighted by Gasteiger charge is 2.27. The van der Waals surface area contributed by atoms with E-state index in [9.17, 15) is 0 Å². The van der Waals surface area contributed by atoms with Crippen LogP contribution in [0.15, 0.2) is 40.9 Å². The molecule has 6 heteroatoms. The van der Waals surface area contributed by atoms with E-state index >= 15 is 0 Å². The molecule has 0 aliphatic carbocycles. The zero-order valence-electron chi connectivity index (χ0n) is 9.74. The van der Waals surface area contributed by atoms with Crippen molar-refractivity contribution in [3.05, 3.63) is 46.2 Å². The molecule has 1 atom stereocenters. The maximum absolute atomic E-state index is 5.69. The van der Waals surface area contributed by atoms with Crippen molar-refractivity contribution < 1.29 is 19.0 Å². The first-order valence-electron chi connectivity index (χ1n) is 5.74. The summed E-state index contributed by atoms with van der Waals surface area (Å²) in [4.78, 5) is 6.27. The van der Waals surface area contributed by atoms with Crippen LogP contribution in [-0.4, -0.2) is 12.7 Å². The molecule has 2 aliphatic rings. The number of nitrogens with zero attached hydrogens (tertiary/aromatic N) is 1. The van der Waals surface area contributed by atoms with E-state index in [1.165, 1.54) is 0 Å². The molecule has 96 valence electrons. The van der Waals surface area contributed by atoms with Gasteiger partial charge in [-0.2, -0.15) is 0 Å². The second-order valence-electron chi connectivity index (χ2n) is 4.04. The lowest BCUT2D eigenvalue weighted by Gasteiger charge is -2.06.